The normalized spacial score (nSPS) is 19.9. The zero-order valence-electron chi connectivity index (χ0n) is 26.6. The number of carbonyl (C=O) groups is 2. The Kier molecular flexibility index (Phi) is 9.28. The summed E-state index contributed by atoms with van der Waals surface area (Å²) in [7, 11) is 0. The van der Waals surface area contributed by atoms with E-state index in [1.807, 2.05) is 13.8 Å². The number of hydrogen-bond donors (Lipinski definition) is 1. The Bertz CT molecular complexity index is 1840. The van der Waals surface area contributed by atoms with Gasteiger partial charge in [0.15, 0.2) is 0 Å². The van der Waals surface area contributed by atoms with Crippen molar-refractivity contribution in [2.75, 3.05) is 6.54 Å². The number of carboxylic acids is 1. The summed E-state index contributed by atoms with van der Waals surface area (Å²) < 4.78 is 144. The Hall–Kier alpha value is -4.56. The third kappa shape index (κ3) is 7.60. The standard InChI is InChI=1S/C35H29F10NO4/c1-17-29(21-9-23(33(37,38)39)14-24(10-21)34(40,41)42)50-31(49)46(17)16-22-15-32(2,3)7-6-26(22)19-8-20(12-25(36)11-19)27-5-4-18(30(47)48)13-28(27)35(43,44)45/h4-5,8-14,17,29H,6-7,15-16H2,1-3H3,(H,47,48)/t17-,29-/m0/s1. The summed E-state index contributed by atoms with van der Waals surface area (Å²) >= 11 is 0. The second-order valence-corrected chi connectivity index (χ2v) is 13.2. The van der Waals surface area contributed by atoms with Crippen molar-refractivity contribution in [2.45, 2.75) is 70.7 Å². The number of nitrogens with zero attached hydrogens (tertiary/aromatic N) is 1. The fraction of sp³-hybridized carbons (Fsp3) is 0.371. The maximum atomic E-state index is 15.1. The van der Waals surface area contributed by atoms with Crippen LogP contribution in [0, 0.1) is 11.2 Å². The Morgan fingerprint density at radius 1 is 0.880 bits per heavy atom. The highest BCUT2D eigenvalue weighted by Gasteiger charge is 2.44. The van der Waals surface area contributed by atoms with Gasteiger partial charge in [-0.25, -0.2) is 14.0 Å². The molecule has 0 bridgehead atoms. The summed E-state index contributed by atoms with van der Waals surface area (Å²) in [5, 5.41) is 9.23. The van der Waals surface area contributed by atoms with E-state index in [-0.39, 0.29) is 29.2 Å². The fourth-order valence-electron chi connectivity index (χ4n) is 6.50. The molecule has 1 heterocycles. The Morgan fingerprint density at radius 3 is 2.04 bits per heavy atom. The van der Waals surface area contributed by atoms with Crippen molar-refractivity contribution in [1.29, 1.82) is 0 Å². The smallest absolute Gasteiger partial charge is 0.417 e. The molecular formula is C35H29F10NO4. The van der Waals surface area contributed by atoms with Crippen molar-refractivity contribution in [3.63, 3.8) is 0 Å². The molecule has 0 aromatic heterocycles. The highest BCUT2D eigenvalue weighted by atomic mass is 19.4. The highest BCUT2D eigenvalue weighted by molar-refractivity contribution is 5.89. The molecule has 5 nitrogen and oxygen atoms in total. The number of benzene rings is 3. The zero-order chi connectivity index (χ0) is 37.1. The van der Waals surface area contributed by atoms with Gasteiger partial charge in [0.25, 0.3) is 0 Å². The van der Waals surface area contributed by atoms with Gasteiger partial charge in [0.2, 0.25) is 0 Å². The first-order chi connectivity index (χ1) is 22.9. The third-order valence-corrected chi connectivity index (χ3v) is 8.99. The maximum Gasteiger partial charge on any atom is 0.417 e. The van der Waals surface area contributed by atoms with Gasteiger partial charge in [-0.3, -0.25) is 4.90 Å². The van der Waals surface area contributed by atoms with E-state index in [0.29, 0.717) is 48.6 Å². The molecule has 15 heteroatoms. The van der Waals surface area contributed by atoms with Crippen LogP contribution in [0.1, 0.15) is 84.3 Å². The van der Waals surface area contributed by atoms with Crippen molar-refractivity contribution < 1.29 is 63.3 Å². The second-order valence-electron chi connectivity index (χ2n) is 13.2. The summed E-state index contributed by atoms with van der Waals surface area (Å²) in [5.41, 5.74) is -5.41. The van der Waals surface area contributed by atoms with Crippen molar-refractivity contribution in [3.05, 3.63) is 99.4 Å². The van der Waals surface area contributed by atoms with Gasteiger partial charge in [0.1, 0.15) is 11.9 Å². The predicted molar refractivity (Wildman–Crippen MR) is 160 cm³/mol. The lowest BCUT2D eigenvalue weighted by Gasteiger charge is -2.35. The lowest BCUT2D eigenvalue weighted by atomic mass is 9.72. The number of halogens is 10. The zero-order valence-corrected chi connectivity index (χ0v) is 26.6. The lowest BCUT2D eigenvalue weighted by Crippen LogP contribution is -2.35. The molecule has 3 aromatic rings. The van der Waals surface area contributed by atoms with E-state index in [1.165, 1.54) is 13.0 Å². The monoisotopic (exact) mass is 717 g/mol. The SMILES string of the molecule is C[C@H]1[C@@H](c2cc(C(F)(F)F)cc(C(F)(F)F)c2)OC(=O)N1CC1=C(c2cc(F)cc(-c3ccc(C(=O)O)cc3C(F)(F)F)c2)CCC(C)(C)C1. The molecule has 2 aliphatic rings. The first kappa shape index (κ1) is 36.7. The van der Waals surface area contributed by atoms with Gasteiger partial charge in [0, 0.05) is 6.54 Å². The molecule has 0 radical (unpaired) electrons. The molecule has 2 atom stereocenters. The molecule has 50 heavy (non-hydrogen) atoms. The molecule has 3 aromatic carbocycles. The number of rotatable bonds is 6. The van der Waals surface area contributed by atoms with Gasteiger partial charge in [-0.05, 0) is 114 Å². The van der Waals surface area contributed by atoms with E-state index in [2.05, 4.69) is 0 Å². The minimum Gasteiger partial charge on any atom is -0.478 e. The minimum atomic E-state index is -5.13. The van der Waals surface area contributed by atoms with Gasteiger partial charge < -0.3 is 9.84 Å². The molecule has 1 aliphatic heterocycles. The quantitative estimate of drug-likeness (QED) is 0.258. The van der Waals surface area contributed by atoms with Crippen LogP contribution in [0.5, 0.6) is 0 Å². The van der Waals surface area contributed by atoms with E-state index in [4.69, 9.17) is 4.74 Å². The van der Waals surface area contributed by atoms with Crippen LogP contribution >= 0.6 is 0 Å². The largest absolute Gasteiger partial charge is 0.478 e. The summed E-state index contributed by atoms with van der Waals surface area (Å²) in [6, 6.07) is 5.54. The van der Waals surface area contributed by atoms with Crippen LogP contribution in [0.15, 0.2) is 60.2 Å². The van der Waals surface area contributed by atoms with E-state index in [0.717, 1.165) is 29.2 Å². The molecule has 1 aliphatic carbocycles. The maximum absolute atomic E-state index is 15.1. The predicted octanol–water partition coefficient (Wildman–Crippen LogP) is 10.8. The molecule has 0 unspecified atom stereocenters. The van der Waals surface area contributed by atoms with E-state index >= 15 is 4.39 Å². The Morgan fingerprint density at radius 2 is 1.48 bits per heavy atom. The molecule has 268 valence electrons. The molecule has 0 saturated carbocycles. The number of hydrogen-bond acceptors (Lipinski definition) is 3. The van der Waals surface area contributed by atoms with Crippen molar-refractivity contribution in [2.24, 2.45) is 5.41 Å². The summed E-state index contributed by atoms with van der Waals surface area (Å²) in [4.78, 5) is 25.6. The van der Waals surface area contributed by atoms with Crippen molar-refractivity contribution in [3.8, 4) is 11.1 Å². The van der Waals surface area contributed by atoms with E-state index in [1.54, 1.807) is 0 Å². The van der Waals surface area contributed by atoms with Gasteiger partial charge >= 0.3 is 30.6 Å². The van der Waals surface area contributed by atoms with E-state index in [9.17, 15) is 54.2 Å². The molecule has 1 fully saturated rings. The fourth-order valence-corrected chi connectivity index (χ4v) is 6.50. The van der Waals surface area contributed by atoms with Crippen LogP contribution in [0.3, 0.4) is 0 Å². The van der Waals surface area contributed by atoms with Crippen LogP contribution in [-0.2, 0) is 23.3 Å². The highest BCUT2D eigenvalue weighted by Crippen LogP contribution is 2.46. The number of aromatic carboxylic acids is 1. The van der Waals surface area contributed by atoms with Crippen molar-refractivity contribution in [1.82, 2.24) is 4.90 Å². The topological polar surface area (TPSA) is 66.8 Å². The first-order valence-electron chi connectivity index (χ1n) is 15.2. The van der Waals surface area contributed by atoms with Gasteiger partial charge in [-0.15, -0.1) is 0 Å². The van der Waals surface area contributed by atoms with Crippen LogP contribution in [0.4, 0.5) is 48.7 Å². The van der Waals surface area contributed by atoms with Crippen LogP contribution < -0.4 is 0 Å². The average molecular weight is 718 g/mol. The first-order valence-corrected chi connectivity index (χ1v) is 15.2. The van der Waals surface area contributed by atoms with Crippen LogP contribution in [0.25, 0.3) is 16.7 Å². The molecule has 1 amide bonds. The lowest BCUT2D eigenvalue weighted by molar-refractivity contribution is -0.143. The minimum absolute atomic E-state index is 0.0324. The van der Waals surface area contributed by atoms with Gasteiger partial charge in [-0.1, -0.05) is 19.9 Å². The molecule has 1 saturated heterocycles. The Balaban J connectivity index is 1.56. The molecule has 1 N–H and O–H groups in total. The average Bonchev–Trinajstić information content (AvgIpc) is 3.27. The third-order valence-electron chi connectivity index (χ3n) is 8.99. The van der Waals surface area contributed by atoms with Crippen LogP contribution in [-0.4, -0.2) is 34.7 Å². The second kappa shape index (κ2) is 12.6. The molecular weight excluding hydrogens is 688 g/mol. The number of allylic oxidation sites excluding steroid dienone is 1. The number of amides is 1. The summed E-state index contributed by atoms with van der Waals surface area (Å²) in [5.74, 6) is -2.49. The number of ether oxygens (including phenoxy) is 1. The summed E-state index contributed by atoms with van der Waals surface area (Å²) in [6.07, 6.45) is -16.6. The molecule has 5 rings (SSSR count). The number of carboxylic acid groups (broad SMARTS) is 1. The van der Waals surface area contributed by atoms with Gasteiger partial charge in [-0.2, -0.15) is 39.5 Å². The van der Waals surface area contributed by atoms with Gasteiger partial charge in [0.05, 0.1) is 28.3 Å². The Labute approximate surface area is 279 Å². The van der Waals surface area contributed by atoms with Crippen molar-refractivity contribution >= 4 is 17.6 Å². The number of alkyl halides is 9. The molecule has 0 spiro atoms. The van der Waals surface area contributed by atoms with E-state index < -0.39 is 81.9 Å². The summed E-state index contributed by atoms with van der Waals surface area (Å²) in [6.45, 7) is 5.01. The van der Waals surface area contributed by atoms with Crippen LogP contribution in [0.2, 0.25) is 0 Å². The number of cyclic esters (lactones) is 1. The number of carbonyl (C=O) groups excluding carboxylic acids is 1.